The minimum absolute atomic E-state index is 0.0586. The SMILES string of the molecule is Cn1ncc2c(S(=O)(=O)c3ccc(CNC(=O)C4CCC5NCSC5C4)cc3)cccc21. The molecule has 1 saturated carbocycles. The highest BCUT2D eigenvalue weighted by Gasteiger charge is 2.36. The lowest BCUT2D eigenvalue weighted by atomic mass is 9.85. The fraction of sp³-hybridized carbons (Fsp3) is 0.391. The summed E-state index contributed by atoms with van der Waals surface area (Å²) in [5.74, 6) is 1.13. The van der Waals surface area contributed by atoms with Crippen LogP contribution in [0.4, 0.5) is 0 Å². The van der Waals surface area contributed by atoms with Crippen molar-refractivity contribution >= 4 is 38.4 Å². The summed E-state index contributed by atoms with van der Waals surface area (Å²) in [4.78, 5) is 13.1. The lowest BCUT2D eigenvalue weighted by Gasteiger charge is -2.30. The Morgan fingerprint density at radius 1 is 1.22 bits per heavy atom. The van der Waals surface area contributed by atoms with E-state index < -0.39 is 9.84 Å². The highest BCUT2D eigenvalue weighted by Crippen LogP contribution is 2.36. The van der Waals surface area contributed by atoms with Crippen molar-refractivity contribution in [1.29, 1.82) is 0 Å². The van der Waals surface area contributed by atoms with Gasteiger partial charge in [-0.15, -0.1) is 11.8 Å². The van der Waals surface area contributed by atoms with Gasteiger partial charge in [-0.1, -0.05) is 18.2 Å². The molecule has 1 amide bonds. The van der Waals surface area contributed by atoms with Crippen LogP contribution in [0.2, 0.25) is 0 Å². The van der Waals surface area contributed by atoms with E-state index in [9.17, 15) is 13.2 Å². The number of hydrogen-bond donors (Lipinski definition) is 2. The first-order valence-corrected chi connectivity index (χ1v) is 13.3. The van der Waals surface area contributed by atoms with Gasteiger partial charge in [0.15, 0.2) is 0 Å². The number of nitrogens with zero attached hydrogens (tertiary/aromatic N) is 2. The summed E-state index contributed by atoms with van der Waals surface area (Å²) >= 11 is 1.91. The maximum atomic E-state index is 13.2. The molecule has 0 spiro atoms. The van der Waals surface area contributed by atoms with Crippen LogP contribution < -0.4 is 10.6 Å². The predicted molar refractivity (Wildman–Crippen MR) is 125 cm³/mol. The van der Waals surface area contributed by atoms with Gasteiger partial charge >= 0.3 is 0 Å². The van der Waals surface area contributed by atoms with Crippen LogP contribution in [0, 0.1) is 5.92 Å². The number of carbonyl (C=O) groups excluding carboxylic acids is 1. The monoisotopic (exact) mass is 470 g/mol. The van der Waals surface area contributed by atoms with Gasteiger partial charge in [0, 0.05) is 42.1 Å². The zero-order valence-electron chi connectivity index (χ0n) is 17.8. The molecule has 1 saturated heterocycles. The Labute approximate surface area is 191 Å². The molecule has 0 bridgehead atoms. The molecule has 3 atom stereocenters. The molecule has 2 aromatic carbocycles. The summed E-state index contributed by atoms with van der Waals surface area (Å²) in [5, 5.41) is 11.9. The number of nitrogens with one attached hydrogen (secondary N) is 2. The van der Waals surface area contributed by atoms with Gasteiger partial charge in [-0.3, -0.25) is 9.48 Å². The summed E-state index contributed by atoms with van der Waals surface area (Å²) < 4.78 is 28.1. The average Bonchev–Trinajstić information content (AvgIpc) is 3.43. The van der Waals surface area contributed by atoms with E-state index in [1.54, 1.807) is 54.3 Å². The predicted octanol–water partition coefficient (Wildman–Crippen LogP) is 2.85. The second-order valence-corrected chi connectivity index (χ2v) is 11.6. The molecule has 9 heteroatoms. The molecule has 3 aromatic rings. The average molecular weight is 471 g/mol. The van der Waals surface area contributed by atoms with Crippen LogP contribution in [0.15, 0.2) is 58.5 Å². The fourth-order valence-electron chi connectivity index (χ4n) is 4.68. The molecule has 0 radical (unpaired) electrons. The Kier molecular flexibility index (Phi) is 5.73. The van der Waals surface area contributed by atoms with Gasteiger partial charge in [0.05, 0.1) is 21.5 Å². The minimum Gasteiger partial charge on any atom is -0.352 e. The van der Waals surface area contributed by atoms with Crippen molar-refractivity contribution in [3.05, 3.63) is 54.2 Å². The largest absolute Gasteiger partial charge is 0.352 e. The molecule has 3 unspecified atom stereocenters. The van der Waals surface area contributed by atoms with E-state index in [4.69, 9.17) is 0 Å². The molecular formula is C23H26N4O3S2. The Morgan fingerprint density at radius 2 is 2.03 bits per heavy atom. The summed E-state index contributed by atoms with van der Waals surface area (Å²) in [6, 6.07) is 12.5. The van der Waals surface area contributed by atoms with E-state index in [1.165, 1.54) is 0 Å². The number of aryl methyl sites for hydroxylation is 1. The first kappa shape index (κ1) is 21.5. The Morgan fingerprint density at radius 3 is 2.84 bits per heavy atom. The molecule has 2 N–H and O–H groups in total. The molecule has 2 heterocycles. The fourth-order valence-corrected chi connectivity index (χ4v) is 7.49. The van der Waals surface area contributed by atoms with E-state index in [0.717, 1.165) is 36.2 Å². The number of benzene rings is 2. The highest BCUT2D eigenvalue weighted by molar-refractivity contribution is 8.00. The van der Waals surface area contributed by atoms with Crippen molar-refractivity contribution in [3.63, 3.8) is 0 Å². The van der Waals surface area contributed by atoms with E-state index in [1.807, 2.05) is 17.8 Å². The number of amides is 1. The molecular weight excluding hydrogens is 444 g/mol. The smallest absolute Gasteiger partial charge is 0.223 e. The number of aromatic nitrogens is 2. The first-order valence-electron chi connectivity index (χ1n) is 10.8. The van der Waals surface area contributed by atoms with E-state index in [2.05, 4.69) is 15.7 Å². The molecule has 2 fully saturated rings. The third-order valence-corrected chi connectivity index (χ3v) is 9.66. The summed E-state index contributed by atoms with van der Waals surface area (Å²) in [6.07, 6.45) is 4.47. The number of carbonyl (C=O) groups is 1. The van der Waals surface area contributed by atoms with Crippen molar-refractivity contribution < 1.29 is 13.2 Å². The molecule has 2 aliphatic rings. The zero-order valence-corrected chi connectivity index (χ0v) is 19.5. The summed E-state index contributed by atoms with van der Waals surface area (Å²) in [5.41, 5.74) is 1.65. The third kappa shape index (κ3) is 3.93. The highest BCUT2D eigenvalue weighted by atomic mass is 32.2. The maximum Gasteiger partial charge on any atom is 0.223 e. The minimum atomic E-state index is -3.67. The van der Waals surface area contributed by atoms with Crippen molar-refractivity contribution in [2.45, 2.75) is 46.9 Å². The molecule has 5 rings (SSSR count). The second-order valence-electron chi connectivity index (χ2n) is 8.49. The van der Waals surface area contributed by atoms with Crippen LogP contribution in [0.1, 0.15) is 24.8 Å². The Bertz CT molecular complexity index is 1250. The third-order valence-electron chi connectivity index (χ3n) is 6.55. The zero-order chi connectivity index (χ0) is 22.3. The van der Waals surface area contributed by atoms with Gasteiger partial charge in [0.1, 0.15) is 0 Å². The molecule has 168 valence electrons. The van der Waals surface area contributed by atoms with Crippen molar-refractivity contribution in [1.82, 2.24) is 20.4 Å². The molecule has 7 nitrogen and oxygen atoms in total. The second kappa shape index (κ2) is 8.53. The lowest BCUT2D eigenvalue weighted by Crippen LogP contribution is -2.41. The lowest BCUT2D eigenvalue weighted by molar-refractivity contribution is -0.126. The molecule has 1 aromatic heterocycles. The van der Waals surface area contributed by atoms with E-state index >= 15 is 0 Å². The maximum absolute atomic E-state index is 13.2. The van der Waals surface area contributed by atoms with Gasteiger partial charge in [0.25, 0.3) is 0 Å². The molecule has 1 aliphatic carbocycles. The molecule has 1 aliphatic heterocycles. The number of rotatable bonds is 5. The summed E-state index contributed by atoms with van der Waals surface area (Å²) in [6.45, 7) is 0.396. The van der Waals surface area contributed by atoms with E-state index in [-0.39, 0.29) is 21.6 Å². The van der Waals surface area contributed by atoms with Gasteiger partial charge in [0.2, 0.25) is 15.7 Å². The Balaban J connectivity index is 1.26. The number of thioether (sulfide) groups is 1. The number of hydrogen-bond acceptors (Lipinski definition) is 6. The molecule has 32 heavy (non-hydrogen) atoms. The van der Waals surface area contributed by atoms with Crippen molar-refractivity contribution in [3.8, 4) is 0 Å². The topological polar surface area (TPSA) is 93.1 Å². The van der Waals surface area contributed by atoms with Crippen LogP contribution in [-0.2, 0) is 28.2 Å². The Hall–Kier alpha value is -2.36. The summed E-state index contributed by atoms with van der Waals surface area (Å²) in [7, 11) is -1.89. The van der Waals surface area contributed by atoms with Gasteiger partial charge in [-0.2, -0.15) is 5.10 Å². The van der Waals surface area contributed by atoms with Crippen LogP contribution in [0.3, 0.4) is 0 Å². The van der Waals surface area contributed by atoms with Crippen molar-refractivity contribution in [2.75, 3.05) is 5.88 Å². The van der Waals surface area contributed by atoms with Gasteiger partial charge < -0.3 is 10.6 Å². The number of sulfone groups is 1. The van der Waals surface area contributed by atoms with Crippen molar-refractivity contribution in [2.24, 2.45) is 13.0 Å². The quantitative estimate of drug-likeness (QED) is 0.596. The van der Waals surface area contributed by atoms with Gasteiger partial charge in [-0.25, -0.2) is 8.42 Å². The van der Waals surface area contributed by atoms with Crippen LogP contribution >= 0.6 is 11.8 Å². The van der Waals surface area contributed by atoms with Crippen LogP contribution in [0.5, 0.6) is 0 Å². The van der Waals surface area contributed by atoms with Crippen LogP contribution in [-0.4, -0.2) is 41.3 Å². The van der Waals surface area contributed by atoms with E-state index in [0.29, 0.717) is 23.2 Å². The normalized spacial score (nSPS) is 23.2. The first-order chi connectivity index (χ1) is 15.4. The van der Waals surface area contributed by atoms with Crippen LogP contribution in [0.25, 0.3) is 10.9 Å². The number of fused-ring (bicyclic) bond motifs is 2. The van der Waals surface area contributed by atoms with Gasteiger partial charge in [-0.05, 0) is 49.1 Å². The standard InChI is InChI=1S/C23H26N4O3S2/c1-27-20-3-2-4-22(18(20)13-26-27)32(29,30)17-8-5-15(6-9-17)12-24-23(28)16-7-10-19-21(11-16)31-14-25-19/h2-6,8-9,13,16,19,21,25H,7,10-12,14H2,1H3,(H,24,28).